The number of benzene rings is 1. The third-order valence-corrected chi connectivity index (χ3v) is 6.29. The van der Waals surface area contributed by atoms with Gasteiger partial charge < -0.3 is 0 Å². The molecular weight excluding hydrogens is 346 g/mol. The van der Waals surface area contributed by atoms with Crippen molar-refractivity contribution in [3.8, 4) is 0 Å². The van der Waals surface area contributed by atoms with Crippen LogP contribution in [0.25, 0.3) is 5.57 Å². The van der Waals surface area contributed by atoms with Crippen molar-refractivity contribution >= 4 is 21.5 Å². The molecule has 22 heavy (non-hydrogen) atoms. The van der Waals surface area contributed by atoms with E-state index in [2.05, 4.69) is 28.9 Å². The molecule has 1 fully saturated rings. The first-order chi connectivity index (χ1) is 10.5. The summed E-state index contributed by atoms with van der Waals surface area (Å²) in [4.78, 5) is 0. The van der Waals surface area contributed by atoms with E-state index in [-0.39, 0.29) is 4.47 Å². The Morgan fingerprint density at radius 3 is 2.14 bits per heavy atom. The zero-order chi connectivity index (χ0) is 15.7. The molecule has 0 saturated heterocycles. The predicted octanol–water partition coefficient (Wildman–Crippen LogP) is 6.74. The third kappa shape index (κ3) is 3.45. The maximum atomic E-state index is 13.7. The summed E-state index contributed by atoms with van der Waals surface area (Å²) < 4.78 is 27.3. The molecule has 3 heteroatoms. The smallest absolute Gasteiger partial charge is 0.140 e. The van der Waals surface area contributed by atoms with Gasteiger partial charge in [-0.05, 0) is 89.1 Å². The van der Waals surface area contributed by atoms with E-state index < -0.39 is 11.6 Å². The van der Waals surface area contributed by atoms with Crippen LogP contribution in [0.3, 0.4) is 0 Å². The molecule has 1 aromatic rings. The van der Waals surface area contributed by atoms with Crippen molar-refractivity contribution in [3.05, 3.63) is 39.9 Å². The van der Waals surface area contributed by atoms with Crippen molar-refractivity contribution in [3.63, 3.8) is 0 Å². The lowest BCUT2D eigenvalue weighted by molar-refractivity contribution is 0.202. The van der Waals surface area contributed by atoms with Crippen LogP contribution in [0.5, 0.6) is 0 Å². The fourth-order valence-electron chi connectivity index (χ4n) is 4.04. The van der Waals surface area contributed by atoms with Gasteiger partial charge in [0.1, 0.15) is 11.6 Å². The molecule has 0 bridgehead atoms. The van der Waals surface area contributed by atoms with Gasteiger partial charge in [-0.1, -0.05) is 25.8 Å². The Hall–Kier alpha value is -0.700. The molecule has 1 saturated carbocycles. The Balaban J connectivity index is 1.69. The zero-order valence-electron chi connectivity index (χ0n) is 13.0. The van der Waals surface area contributed by atoms with Gasteiger partial charge in [-0.25, -0.2) is 8.78 Å². The number of rotatable bonds is 2. The topological polar surface area (TPSA) is 0 Å². The van der Waals surface area contributed by atoms with Gasteiger partial charge in [-0.3, -0.25) is 0 Å². The molecule has 0 aliphatic heterocycles. The van der Waals surface area contributed by atoms with Crippen LogP contribution in [0.15, 0.2) is 22.7 Å². The maximum absolute atomic E-state index is 13.7. The van der Waals surface area contributed by atoms with Crippen molar-refractivity contribution in [2.24, 2.45) is 17.8 Å². The highest BCUT2D eigenvalue weighted by molar-refractivity contribution is 9.10. The van der Waals surface area contributed by atoms with Crippen molar-refractivity contribution < 1.29 is 8.78 Å². The largest absolute Gasteiger partial charge is 0.206 e. The molecule has 2 aliphatic carbocycles. The van der Waals surface area contributed by atoms with E-state index in [0.717, 1.165) is 42.6 Å². The van der Waals surface area contributed by atoms with E-state index in [1.54, 1.807) is 0 Å². The minimum absolute atomic E-state index is 0.0677. The Morgan fingerprint density at radius 1 is 0.955 bits per heavy atom. The molecule has 1 atom stereocenters. The average molecular weight is 369 g/mol. The molecule has 0 nitrogen and oxygen atoms in total. The van der Waals surface area contributed by atoms with Gasteiger partial charge >= 0.3 is 0 Å². The van der Waals surface area contributed by atoms with E-state index in [1.165, 1.54) is 37.8 Å². The Bertz CT molecular complexity index is 548. The van der Waals surface area contributed by atoms with Crippen LogP contribution < -0.4 is 0 Å². The summed E-state index contributed by atoms with van der Waals surface area (Å²) in [6.45, 7) is 2.35. The summed E-state index contributed by atoms with van der Waals surface area (Å²) in [5.41, 5.74) is 1.81. The van der Waals surface area contributed by atoms with Crippen LogP contribution in [0.1, 0.15) is 57.4 Å². The Kier molecular flexibility index (Phi) is 5.01. The van der Waals surface area contributed by atoms with Crippen molar-refractivity contribution in [2.75, 3.05) is 0 Å². The number of hydrogen-bond donors (Lipinski definition) is 0. The van der Waals surface area contributed by atoms with Crippen LogP contribution in [0, 0.1) is 29.4 Å². The van der Waals surface area contributed by atoms with Crippen LogP contribution in [0.4, 0.5) is 8.78 Å². The summed E-state index contributed by atoms with van der Waals surface area (Å²) in [5, 5.41) is 0. The highest BCUT2D eigenvalue weighted by Crippen LogP contribution is 2.41. The summed E-state index contributed by atoms with van der Waals surface area (Å²) in [6.07, 6.45) is 10.8. The SMILES string of the molecule is CC1CCC(C2CC=C(c3cc(F)c(Br)c(F)c3)CC2)CC1. The molecule has 3 rings (SSSR count). The van der Waals surface area contributed by atoms with E-state index >= 15 is 0 Å². The van der Waals surface area contributed by atoms with Crippen molar-refractivity contribution in [1.82, 2.24) is 0 Å². The molecule has 1 unspecified atom stereocenters. The first kappa shape index (κ1) is 16.2. The normalized spacial score (nSPS) is 29.3. The van der Waals surface area contributed by atoms with Crippen molar-refractivity contribution in [2.45, 2.75) is 51.9 Å². The molecule has 2 aliphatic rings. The molecule has 0 amide bonds. The second kappa shape index (κ2) is 6.82. The molecule has 0 spiro atoms. The first-order valence-electron chi connectivity index (χ1n) is 8.38. The first-order valence-corrected chi connectivity index (χ1v) is 9.18. The summed E-state index contributed by atoms with van der Waals surface area (Å²) >= 11 is 2.93. The second-order valence-corrected chi connectivity index (χ2v) is 7.83. The van der Waals surface area contributed by atoms with E-state index in [4.69, 9.17) is 0 Å². The van der Waals surface area contributed by atoms with E-state index in [1.807, 2.05) is 0 Å². The molecule has 0 radical (unpaired) electrons. The highest BCUT2D eigenvalue weighted by Gasteiger charge is 2.27. The maximum Gasteiger partial charge on any atom is 0.140 e. The van der Waals surface area contributed by atoms with Gasteiger partial charge in [0.15, 0.2) is 0 Å². The van der Waals surface area contributed by atoms with Gasteiger partial charge in [-0.15, -0.1) is 0 Å². The quantitative estimate of drug-likeness (QED) is 0.507. The monoisotopic (exact) mass is 368 g/mol. The average Bonchev–Trinajstić information content (AvgIpc) is 2.53. The fourth-order valence-corrected chi connectivity index (χ4v) is 4.27. The van der Waals surface area contributed by atoms with Crippen LogP contribution in [-0.4, -0.2) is 0 Å². The van der Waals surface area contributed by atoms with Crippen LogP contribution >= 0.6 is 15.9 Å². The lowest BCUT2D eigenvalue weighted by Crippen LogP contribution is -2.22. The zero-order valence-corrected chi connectivity index (χ0v) is 14.6. The minimum Gasteiger partial charge on any atom is -0.206 e. The van der Waals surface area contributed by atoms with Crippen LogP contribution in [-0.2, 0) is 0 Å². The highest BCUT2D eigenvalue weighted by atomic mass is 79.9. The minimum atomic E-state index is -0.515. The van der Waals surface area contributed by atoms with Gasteiger partial charge in [-0.2, -0.15) is 0 Å². The molecule has 0 heterocycles. The predicted molar refractivity (Wildman–Crippen MR) is 90.5 cm³/mol. The van der Waals surface area contributed by atoms with Gasteiger partial charge in [0.05, 0.1) is 4.47 Å². The van der Waals surface area contributed by atoms with Gasteiger partial charge in [0, 0.05) is 0 Å². The lowest BCUT2D eigenvalue weighted by Gasteiger charge is -2.34. The van der Waals surface area contributed by atoms with Gasteiger partial charge in [0.2, 0.25) is 0 Å². The number of halogens is 3. The summed E-state index contributed by atoms with van der Waals surface area (Å²) in [5.74, 6) is 1.48. The molecular formula is C19H23BrF2. The van der Waals surface area contributed by atoms with E-state index in [0.29, 0.717) is 5.56 Å². The summed E-state index contributed by atoms with van der Waals surface area (Å²) in [6, 6.07) is 2.89. The number of hydrogen-bond acceptors (Lipinski definition) is 0. The molecule has 1 aromatic carbocycles. The Morgan fingerprint density at radius 2 is 1.59 bits per heavy atom. The molecule has 0 N–H and O–H groups in total. The molecule has 0 aromatic heterocycles. The van der Waals surface area contributed by atoms with E-state index in [9.17, 15) is 8.78 Å². The second-order valence-electron chi connectivity index (χ2n) is 7.04. The Labute approximate surface area is 140 Å². The standard InChI is InChI=1S/C19H23BrF2/c1-12-2-4-13(5-3-12)14-6-8-15(9-7-14)16-10-17(21)19(20)18(22)11-16/h8,10-14H,2-7,9H2,1H3. The summed E-state index contributed by atoms with van der Waals surface area (Å²) in [7, 11) is 0. The third-order valence-electron chi connectivity index (χ3n) is 5.53. The van der Waals surface area contributed by atoms with Crippen LogP contribution in [0.2, 0.25) is 0 Å². The number of allylic oxidation sites excluding steroid dienone is 2. The fraction of sp³-hybridized carbons (Fsp3) is 0.579. The lowest BCUT2D eigenvalue weighted by atomic mass is 9.71. The molecule has 120 valence electrons. The van der Waals surface area contributed by atoms with Gasteiger partial charge in [0.25, 0.3) is 0 Å². The van der Waals surface area contributed by atoms with Crippen molar-refractivity contribution in [1.29, 1.82) is 0 Å².